The molecule has 0 aliphatic carbocycles. The molecule has 0 rings (SSSR count). The second kappa shape index (κ2) is 5.94. The van der Waals surface area contributed by atoms with Gasteiger partial charge in [-0.3, -0.25) is 4.79 Å². The van der Waals surface area contributed by atoms with Crippen molar-refractivity contribution in [2.75, 3.05) is 27.8 Å². The Hall–Kier alpha value is -0.610. The van der Waals surface area contributed by atoms with Crippen LogP contribution in [0.4, 0.5) is 0 Å². The number of rotatable bonds is 5. The van der Waals surface area contributed by atoms with Crippen LogP contribution in [0.1, 0.15) is 13.8 Å². The lowest BCUT2D eigenvalue weighted by molar-refractivity contribution is -0.134. The Morgan fingerprint density at radius 2 is 2.08 bits per heavy atom. The van der Waals surface area contributed by atoms with Crippen LogP contribution < -0.4 is 5.32 Å². The Morgan fingerprint density at radius 3 is 2.46 bits per heavy atom. The summed E-state index contributed by atoms with van der Waals surface area (Å²) in [5, 5.41) is 2.91. The van der Waals surface area contributed by atoms with E-state index in [1.807, 2.05) is 13.8 Å². The lowest BCUT2D eigenvalue weighted by Gasteiger charge is -2.26. The summed E-state index contributed by atoms with van der Waals surface area (Å²) in [6.07, 6.45) is 0. The van der Waals surface area contributed by atoms with Gasteiger partial charge in [0.1, 0.15) is 0 Å². The number of carbonyl (C=O) groups excluding carboxylic acids is 1. The highest BCUT2D eigenvalue weighted by Gasteiger charge is 2.19. The molecule has 0 saturated carbocycles. The third-order valence-electron chi connectivity index (χ3n) is 2.22. The predicted octanol–water partition coefficient (Wildman–Crippen LogP) is 0.0876. The van der Waals surface area contributed by atoms with Gasteiger partial charge in [0.25, 0.3) is 0 Å². The summed E-state index contributed by atoms with van der Waals surface area (Å²) < 4.78 is 4.97. The molecular weight excluding hydrogens is 168 g/mol. The van der Waals surface area contributed by atoms with Gasteiger partial charge in [-0.05, 0) is 20.9 Å². The lowest BCUT2D eigenvalue weighted by atomic mass is 10.2. The van der Waals surface area contributed by atoms with E-state index in [0.29, 0.717) is 6.61 Å². The van der Waals surface area contributed by atoms with Crippen molar-refractivity contribution in [1.29, 1.82) is 0 Å². The fourth-order valence-corrected chi connectivity index (χ4v) is 0.999. The van der Waals surface area contributed by atoms with Gasteiger partial charge in [0.2, 0.25) is 5.91 Å². The van der Waals surface area contributed by atoms with Crippen LogP contribution in [0.15, 0.2) is 0 Å². The second-order valence-electron chi connectivity index (χ2n) is 3.26. The average molecular weight is 188 g/mol. The van der Waals surface area contributed by atoms with Crippen molar-refractivity contribution in [1.82, 2.24) is 10.2 Å². The van der Waals surface area contributed by atoms with E-state index in [-0.39, 0.29) is 18.0 Å². The second-order valence-corrected chi connectivity index (χ2v) is 3.26. The SMILES string of the molecule is CNC(C)C(=O)N(C)C(C)COC. The van der Waals surface area contributed by atoms with Crippen LogP contribution in [0.25, 0.3) is 0 Å². The molecule has 0 saturated heterocycles. The first-order valence-corrected chi connectivity index (χ1v) is 4.47. The van der Waals surface area contributed by atoms with Crippen LogP contribution in [-0.2, 0) is 9.53 Å². The first kappa shape index (κ1) is 12.4. The molecule has 4 nitrogen and oxygen atoms in total. The van der Waals surface area contributed by atoms with Gasteiger partial charge in [-0.1, -0.05) is 0 Å². The molecule has 0 radical (unpaired) electrons. The molecule has 4 heteroatoms. The van der Waals surface area contributed by atoms with Crippen molar-refractivity contribution in [3.63, 3.8) is 0 Å². The molecule has 0 bridgehead atoms. The highest BCUT2D eigenvalue weighted by Crippen LogP contribution is 1.99. The standard InChI is InChI=1S/C9H20N2O2/c1-7(6-13-5)11(4)9(12)8(2)10-3/h7-8,10H,6H2,1-5H3. The summed E-state index contributed by atoms with van der Waals surface area (Å²) >= 11 is 0. The monoisotopic (exact) mass is 188 g/mol. The number of ether oxygens (including phenoxy) is 1. The van der Waals surface area contributed by atoms with Crippen LogP contribution in [0.2, 0.25) is 0 Å². The predicted molar refractivity (Wildman–Crippen MR) is 52.6 cm³/mol. The molecule has 0 fully saturated rings. The van der Waals surface area contributed by atoms with Crippen LogP contribution in [0, 0.1) is 0 Å². The van der Waals surface area contributed by atoms with E-state index in [2.05, 4.69) is 5.32 Å². The summed E-state index contributed by atoms with van der Waals surface area (Å²) in [7, 11) is 5.20. The van der Waals surface area contributed by atoms with E-state index >= 15 is 0 Å². The molecule has 0 heterocycles. The molecule has 0 aromatic heterocycles. The topological polar surface area (TPSA) is 41.6 Å². The minimum Gasteiger partial charge on any atom is -0.383 e. The first-order valence-electron chi connectivity index (χ1n) is 4.47. The maximum absolute atomic E-state index is 11.6. The van der Waals surface area contributed by atoms with Gasteiger partial charge in [-0.15, -0.1) is 0 Å². The van der Waals surface area contributed by atoms with Crippen molar-refractivity contribution >= 4 is 5.91 Å². The molecule has 1 N–H and O–H groups in total. The van der Waals surface area contributed by atoms with Gasteiger partial charge in [0.15, 0.2) is 0 Å². The highest BCUT2D eigenvalue weighted by atomic mass is 16.5. The Kier molecular flexibility index (Phi) is 5.66. The number of methoxy groups -OCH3 is 1. The van der Waals surface area contributed by atoms with Crippen LogP contribution >= 0.6 is 0 Å². The smallest absolute Gasteiger partial charge is 0.239 e. The first-order chi connectivity index (χ1) is 6.04. The Bertz CT molecular complexity index is 162. The minimum absolute atomic E-state index is 0.0899. The van der Waals surface area contributed by atoms with Gasteiger partial charge < -0.3 is 15.0 Å². The summed E-state index contributed by atoms with van der Waals surface area (Å²) in [4.78, 5) is 13.3. The van der Waals surface area contributed by atoms with E-state index in [1.165, 1.54) is 0 Å². The van der Waals surface area contributed by atoms with Crippen LogP contribution in [0.5, 0.6) is 0 Å². The maximum atomic E-state index is 11.6. The van der Waals surface area contributed by atoms with Crippen molar-refractivity contribution < 1.29 is 9.53 Å². The number of hydrogen-bond acceptors (Lipinski definition) is 3. The number of likely N-dealkylation sites (N-methyl/N-ethyl adjacent to an activating group) is 2. The lowest BCUT2D eigenvalue weighted by Crippen LogP contribution is -2.46. The molecule has 78 valence electrons. The Labute approximate surface area is 80.2 Å². The largest absolute Gasteiger partial charge is 0.383 e. The molecule has 0 aromatic carbocycles. The van der Waals surface area contributed by atoms with E-state index < -0.39 is 0 Å². The fourth-order valence-electron chi connectivity index (χ4n) is 0.999. The molecule has 0 aromatic rings. The van der Waals surface area contributed by atoms with E-state index in [4.69, 9.17) is 4.74 Å². The number of amides is 1. The van der Waals surface area contributed by atoms with Crippen molar-refractivity contribution in [2.45, 2.75) is 25.9 Å². The number of hydrogen-bond donors (Lipinski definition) is 1. The van der Waals surface area contributed by atoms with E-state index in [0.717, 1.165) is 0 Å². The highest BCUT2D eigenvalue weighted by molar-refractivity contribution is 5.81. The number of nitrogens with zero attached hydrogens (tertiary/aromatic N) is 1. The molecule has 2 unspecified atom stereocenters. The maximum Gasteiger partial charge on any atom is 0.239 e. The zero-order valence-electron chi connectivity index (χ0n) is 9.13. The summed E-state index contributed by atoms with van der Waals surface area (Å²) in [5.74, 6) is 0.0899. The number of nitrogens with one attached hydrogen (secondary N) is 1. The summed E-state index contributed by atoms with van der Waals surface area (Å²) in [5.41, 5.74) is 0. The molecule has 2 atom stereocenters. The zero-order valence-corrected chi connectivity index (χ0v) is 9.13. The van der Waals surface area contributed by atoms with E-state index in [1.54, 1.807) is 26.1 Å². The molecule has 0 aliphatic heterocycles. The van der Waals surface area contributed by atoms with Crippen molar-refractivity contribution in [3.8, 4) is 0 Å². The Balaban J connectivity index is 4.08. The molecule has 13 heavy (non-hydrogen) atoms. The van der Waals surface area contributed by atoms with Crippen molar-refractivity contribution in [2.24, 2.45) is 0 Å². The normalized spacial score (nSPS) is 15.2. The van der Waals surface area contributed by atoms with Crippen LogP contribution in [-0.4, -0.2) is 50.7 Å². The van der Waals surface area contributed by atoms with E-state index in [9.17, 15) is 4.79 Å². The minimum atomic E-state index is -0.135. The third kappa shape index (κ3) is 3.74. The molecule has 0 aliphatic rings. The third-order valence-corrected chi connectivity index (χ3v) is 2.22. The van der Waals surface area contributed by atoms with Gasteiger partial charge in [0, 0.05) is 14.2 Å². The van der Waals surface area contributed by atoms with Crippen molar-refractivity contribution in [3.05, 3.63) is 0 Å². The number of carbonyl (C=O) groups is 1. The average Bonchev–Trinajstić information content (AvgIpc) is 2.14. The van der Waals surface area contributed by atoms with Gasteiger partial charge in [-0.25, -0.2) is 0 Å². The van der Waals surface area contributed by atoms with Gasteiger partial charge in [0.05, 0.1) is 18.7 Å². The summed E-state index contributed by atoms with van der Waals surface area (Å²) in [6, 6.07) is -0.0161. The Morgan fingerprint density at radius 1 is 1.54 bits per heavy atom. The quantitative estimate of drug-likeness (QED) is 0.664. The molecular formula is C9H20N2O2. The van der Waals surface area contributed by atoms with Gasteiger partial charge in [-0.2, -0.15) is 0 Å². The van der Waals surface area contributed by atoms with Crippen LogP contribution in [0.3, 0.4) is 0 Å². The molecule has 0 spiro atoms. The fraction of sp³-hybridized carbons (Fsp3) is 0.889. The molecule has 1 amide bonds. The van der Waals surface area contributed by atoms with Gasteiger partial charge >= 0.3 is 0 Å². The summed E-state index contributed by atoms with van der Waals surface area (Å²) in [6.45, 7) is 4.38. The zero-order chi connectivity index (χ0) is 10.4.